The molecular formula is C14H30N2O. The largest absolute Gasteiger partial charge is 0.380 e. The van der Waals surface area contributed by atoms with E-state index in [0.29, 0.717) is 30.0 Å². The molecule has 3 heteroatoms. The molecular weight excluding hydrogens is 212 g/mol. The van der Waals surface area contributed by atoms with Gasteiger partial charge in [0.15, 0.2) is 0 Å². The first-order valence-electron chi connectivity index (χ1n) is 7.08. The van der Waals surface area contributed by atoms with E-state index >= 15 is 0 Å². The Morgan fingerprint density at radius 1 is 1.35 bits per heavy atom. The van der Waals surface area contributed by atoms with Gasteiger partial charge in [-0.05, 0) is 32.1 Å². The van der Waals surface area contributed by atoms with Gasteiger partial charge in [0.2, 0.25) is 0 Å². The molecule has 2 N–H and O–H groups in total. The van der Waals surface area contributed by atoms with Crippen LogP contribution in [0.4, 0.5) is 0 Å². The van der Waals surface area contributed by atoms with Crippen molar-refractivity contribution in [1.29, 1.82) is 0 Å². The van der Waals surface area contributed by atoms with Crippen molar-refractivity contribution in [2.24, 2.45) is 17.6 Å². The van der Waals surface area contributed by atoms with Gasteiger partial charge in [0.1, 0.15) is 0 Å². The molecule has 102 valence electrons. The maximum absolute atomic E-state index is 6.15. The summed E-state index contributed by atoms with van der Waals surface area (Å²) in [7, 11) is 0. The van der Waals surface area contributed by atoms with Crippen molar-refractivity contribution in [1.82, 2.24) is 4.90 Å². The number of nitrogens with zero attached hydrogens (tertiary/aromatic N) is 1. The Balaban J connectivity index is 2.66. The average molecular weight is 242 g/mol. The number of piperidine rings is 1. The fraction of sp³-hybridized carbons (Fsp3) is 1.00. The topological polar surface area (TPSA) is 38.5 Å². The zero-order chi connectivity index (χ0) is 13.0. The molecule has 1 saturated heterocycles. The highest BCUT2D eigenvalue weighted by atomic mass is 16.5. The molecule has 1 heterocycles. The number of hydrogen-bond donors (Lipinski definition) is 1. The highest BCUT2D eigenvalue weighted by Gasteiger charge is 2.35. The van der Waals surface area contributed by atoms with Crippen molar-refractivity contribution in [3.63, 3.8) is 0 Å². The summed E-state index contributed by atoms with van der Waals surface area (Å²) in [4.78, 5) is 2.61. The van der Waals surface area contributed by atoms with Crippen LogP contribution < -0.4 is 5.73 Å². The van der Waals surface area contributed by atoms with Gasteiger partial charge in [-0.2, -0.15) is 0 Å². The van der Waals surface area contributed by atoms with Crippen molar-refractivity contribution >= 4 is 0 Å². The van der Waals surface area contributed by atoms with E-state index in [1.807, 2.05) is 0 Å². The van der Waals surface area contributed by atoms with E-state index in [-0.39, 0.29) is 0 Å². The van der Waals surface area contributed by atoms with Gasteiger partial charge in [-0.3, -0.25) is 4.90 Å². The molecule has 0 radical (unpaired) electrons. The molecule has 0 aliphatic carbocycles. The van der Waals surface area contributed by atoms with Gasteiger partial charge in [0.25, 0.3) is 0 Å². The lowest BCUT2D eigenvalue weighted by atomic mass is 9.85. The third-order valence-corrected chi connectivity index (χ3v) is 4.37. The summed E-state index contributed by atoms with van der Waals surface area (Å²) in [5.41, 5.74) is 6.15. The van der Waals surface area contributed by atoms with Gasteiger partial charge in [0, 0.05) is 31.3 Å². The lowest BCUT2D eigenvalue weighted by Gasteiger charge is -2.46. The fourth-order valence-corrected chi connectivity index (χ4v) is 2.80. The maximum Gasteiger partial charge on any atom is 0.0624 e. The second-order valence-electron chi connectivity index (χ2n) is 5.76. The molecule has 0 spiro atoms. The highest BCUT2D eigenvalue weighted by molar-refractivity contribution is 4.90. The van der Waals surface area contributed by atoms with Gasteiger partial charge in [-0.25, -0.2) is 0 Å². The maximum atomic E-state index is 6.15. The van der Waals surface area contributed by atoms with Crippen molar-refractivity contribution in [3.05, 3.63) is 0 Å². The summed E-state index contributed by atoms with van der Waals surface area (Å²) >= 11 is 0. The lowest BCUT2D eigenvalue weighted by Crippen LogP contribution is -2.57. The number of ether oxygens (including phenoxy) is 1. The third kappa shape index (κ3) is 3.67. The van der Waals surface area contributed by atoms with Crippen LogP contribution in [-0.4, -0.2) is 42.8 Å². The van der Waals surface area contributed by atoms with Crippen molar-refractivity contribution in [3.8, 4) is 0 Å². The SMILES string of the molecule is CCOCC(C(C)C)N1CCC(N)C(C)C1C. The van der Waals surface area contributed by atoms with Crippen LogP contribution in [0.1, 0.15) is 41.0 Å². The van der Waals surface area contributed by atoms with Crippen molar-refractivity contribution in [2.45, 2.75) is 59.2 Å². The highest BCUT2D eigenvalue weighted by Crippen LogP contribution is 2.26. The Hall–Kier alpha value is -0.120. The number of likely N-dealkylation sites (tertiary alicyclic amines) is 1. The smallest absolute Gasteiger partial charge is 0.0624 e. The zero-order valence-corrected chi connectivity index (χ0v) is 12.1. The monoisotopic (exact) mass is 242 g/mol. The molecule has 1 aliphatic rings. The van der Waals surface area contributed by atoms with Crippen molar-refractivity contribution < 1.29 is 4.74 Å². The molecule has 0 bridgehead atoms. The van der Waals surface area contributed by atoms with Gasteiger partial charge >= 0.3 is 0 Å². The molecule has 3 nitrogen and oxygen atoms in total. The summed E-state index contributed by atoms with van der Waals surface area (Å²) < 4.78 is 5.65. The molecule has 1 fully saturated rings. The Labute approximate surface area is 107 Å². The quantitative estimate of drug-likeness (QED) is 0.802. The van der Waals surface area contributed by atoms with Gasteiger partial charge < -0.3 is 10.5 Å². The normalized spacial score (nSPS) is 33.0. The minimum absolute atomic E-state index is 0.362. The van der Waals surface area contributed by atoms with Gasteiger partial charge in [-0.1, -0.05) is 20.8 Å². The second kappa shape index (κ2) is 6.72. The number of rotatable bonds is 5. The second-order valence-corrected chi connectivity index (χ2v) is 5.76. The molecule has 17 heavy (non-hydrogen) atoms. The molecule has 0 aromatic heterocycles. The van der Waals surface area contributed by atoms with E-state index in [9.17, 15) is 0 Å². The molecule has 0 aromatic carbocycles. The molecule has 4 atom stereocenters. The van der Waals surface area contributed by atoms with E-state index < -0.39 is 0 Å². The number of hydrogen-bond acceptors (Lipinski definition) is 3. The van der Waals surface area contributed by atoms with Crippen LogP contribution in [0.25, 0.3) is 0 Å². The first kappa shape index (κ1) is 14.9. The Kier molecular flexibility index (Phi) is 5.90. The van der Waals surface area contributed by atoms with Gasteiger partial charge in [-0.15, -0.1) is 0 Å². The summed E-state index contributed by atoms with van der Waals surface area (Å²) in [6.45, 7) is 14.0. The first-order valence-corrected chi connectivity index (χ1v) is 7.08. The average Bonchev–Trinajstić information content (AvgIpc) is 2.28. The van der Waals surface area contributed by atoms with Crippen LogP contribution in [0.15, 0.2) is 0 Å². The molecule has 4 unspecified atom stereocenters. The van der Waals surface area contributed by atoms with Crippen LogP contribution in [0.3, 0.4) is 0 Å². The van der Waals surface area contributed by atoms with Gasteiger partial charge in [0.05, 0.1) is 6.61 Å². The summed E-state index contributed by atoms with van der Waals surface area (Å²) in [6, 6.07) is 1.45. The minimum Gasteiger partial charge on any atom is -0.380 e. The lowest BCUT2D eigenvalue weighted by molar-refractivity contribution is -0.0105. The molecule has 1 aliphatic heterocycles. The molecule has 0 saturated carbocycles. The van der Waals surface area contributed by atoms with E-state index in [1.165, 1.54) is 0 Å². The predicted octanol–water partition coefficient (Wildman–Crippen LogP) is 2.11. The van der Waals surface area contributed by atoms with E-state index in [2.05, 4.69) is 39.5 Å². The van der Waals surface area contributed by atoms with Crippen LogP contribution in [0.5, 0.6) is 0 Å². The Bertz CT molecular complexity index is 220. The van der Waals surface area contributed by atoms with E-state index in [0.717, 1.165) is 26.2 Å². The van der Waals surface area contributed by atoms with E-state index in [1.54, 1.807) is 0 Å². The van der Waals surface area contributed by atoms with Crippen LogP contribution in [-0.2, 0) is 4.74 Å². The predicted molar refractivity (Wildman–Crippen MR) is 73.0 cm³/mol. The zero-order valence-electron chi connectivity index (χ0n) is 12.1. The van der Waals surface area contributed by atoms with E-state index in [4.69, 9.17) is 10.5 Å². The number of nitrogens with two attached hydrogens (primary N) is 1. The Morgan fingerprint density at radius 3 is 2.53 bits per heavy atom. The molecule has 0 amide bonds. The third-order valence-electron chi connectivity index (χ3n) is 4.37. The summed E-state index contributed by atoms with van der Waals surface area (Å²) in [5.74, 6) is 1.21. The standard InChI is InChI=1S/C14H30N2O/c1-6-17-9-14(10(2)3)16-8-7-13(15)11(4)12(16)5/h10-14H,6-9,15H2,1-5H3. The fourth-order valence-electron chi connectivity index (χ4n) is 2.80. The van der Waals surface area contributed by atoms with Crippen LogP contribution in [0.2, 0.25) is 0 Å². The molecule has 0 aromatic rings. The van der Waals surface area contributed by atoms with Crippen LogP contribution in [0, 0.1) is 11.8 Å². The first-order chi connectivity index (χ1) is 7.99. The van der Waals surface area contributed by atoms with Crippen molar-refractivity contribution in [2.75, 3.05) is 19.8 Å². The molecule has 1 rings (SSSR count). The minimum atomic E-state index is 0.362. The Morgan fingerprint density at radius 2 is 2.00 bits per heavy atom. The summed E-state index contributed by atoms with van der Waals surface area (Å²) in [5, 5.41) is 0. The van der Waals surface area contributed by atoms with Crippen LogP contribution >= 0.6 is 0 Å². The summed E-state index contributed by atoms with van der Waals surface area (Å²) in [6.07, 6.45) is 1.11.